The number of alkyl halides is 3. The second-order valence-corrected chi connectivity index (χ2v) is 8.59. The molecule has 1 aliphatic heterocycles. The number of pyridine rings is 1. The highest BCUT2D eigenvalue weighted by molar-refractivity contribution is 6.00. The summed E-state index contributed by atoms with van der Waals surface area (Å²) in [5.41, 5.74) is 2.11. The van der Waals surface area contributed by atoms with Crippen molar-refractivity contribution >= 4 is 28.4 Å². The lowest BCUT2D eigenvalue weighted by molar-refractivity contribution is -0.141. The Hall–Kier alpha value is -4.02. The number of halogens is 3. The van der Waals surface area contributed by atoms with Crippen LogP contribution in [0.15, 0.2) is 48.9 Å². The first-order chi connectivity index (χ1) is 16.3. The lowest BCUT2D eigenvalue weighted by atomic mass is 9.98. The Balaban J connectivity index is 1.35. The van der Waals surface area contributed by atoms with Crippen LogP contribution < -0.4 is 10.6 Å². The van der Waals surface area contributed by atoms with Crippen LogP contribution in [0.25, 0.3) is 16.4 Å². The summed E-state index contributed by atoms with van der Waals surface area (Å²) in [7, 11) is 0. The van der Waals surface area contributed by atoms with Crippen molar-refractivity contribution in [3.8, 4) is 0 Å². The summed E-state index contributed by atoms with van der Waals surface area (Å²) in [6.45, 7) is 0.144. The summed E-state index contributed by atoms with van der Waals surface area (Å²) < 4.78 is 40.9. The zero-order chi connectivity index (χ0) is 23.6. The fourth-order valence-electron chi connectivity index (χ4n) is 4.63. The fraction of sp³-hybridized carbons (Fsp3) is 0.261. The topological polar surface area (TPSA) is 101 Å². The minimum Gasteiger partial charge on any atom is -0.337 e. The van der Waals surface area contributed by atoms with Crippen molar-refractivity contribution in [2.75, 3.05) is 6.54 Å². The van der Waals surface area contributed by atoms with Crippen molar-refractivity contribution in [1.29, 1.82) is 0 Å². The Labute approximate surface area is 190 Å². The SMILES string of the molecule is O=C1NCC(c2cc([C@H]3C[C@@H]3c3ccc4cnc(C(F)(F)F)cc4c3)c3nccn3n2)C(=O)N1. The molecule has 11 heteroatoms. The number of benzene rings is 1. The number of amides is 3. The molecule has 0 bridgehead atoms. The molecule has 3 atom stereocenters. The van der Waals surface area contributed by atoms with E-state index in [1.54, 1.807) is 29.0 Å². The summed E-state index contributed by atoms with van der Waals surface area (Å²) in [4.78, 5) is 31.7. The van der Waals surface area contributed by atoms with E-state index in [0.717, 1.165) is 23.6 Å². The molecule has 3 amide bonds. The van der Waals surface area contributed by atoms with Crippen LogP contribution in [0.5, 0.6) is 0 Å². The first-order valence-corrected chi connectivity index (χ1v) is 10.7. The lowest BCUT2D eigenvalue weighted by Gasteiger charge is -2.22. The molecule has 2 N–H and O–H groups in total. The van der Waals surface area contributed by atoms with Crippen molar-refractivity contribution < 1.29 is 22.8 Å². The lowest BCUT2D eigenvalue weighted by Crippen LogP contribution is -2.51. The van der Waals surface area contributed by atoms with Crippen LogP contribution >= 0.6 is 0 Å². The normalized spacial score (nSPS) is 22.6. The van der Waals surface area contributed by atoms with Crippen LogP contribution in [-0.2, 0) is 11.0 Å². The Morgan fingerprint density at radius 2 is 1.88 bits per heavy atom. The molecule has 1 aliphatic carbocycles. The zero-order valence-corrected chi connectivity index (χ0v) is 17.5. The second kappa shape index (κ2) is 7.24. The molecular formula is C23H17F3N6O2. The average molecular weight is 466 g/mol. The van der Waals surface area contributed by atoms with Gasteiger partial charge in [0.05, 0.1) is 11.6 Å². The molecule has 4 heterocycles. The maximum absolute atomic E-state index is 13.1. The molecule has 2 aliphatic rings. The van der Waals surface area contributed by atoms with Crippen LogP contribution in [-0.4, -0.2) is 38.1 Å². The third-order valence-electron chi connectivity index (χ3n) is 6.44. The number of imide groups is 1. The van der Waals surface area contributed by atoms with E-state index in [9.17, 15) is 22.8 Å². The van der Waals surface area contributed by atoms with Gasteiger partial charge >= 0.3 is 12.2 Å². The molecule has 0 radical (unpaired) electrons. The van der Waals surface area contributed by atoms with Gasteiger partial charge in [0.15, 0.2) is 5.65 Å². The van der Waals surface area contributed by atoms with Gasteiger partial charge in [0.2, 0.25) is 5.91 Å². The molecule has 4 aromatic rings. The minimum absolute atomic E-state index is 0.0780. The molecule has 1 saturated carbocycles. The minimum atomic E-state index is -4.50. The van der Waals surface area contributed by atoms with Crippen LogP contribution in [0.4, 0.5) is 18.0 Å². The van der Waals surface area contributed by atoms with E-state index in [2.05, 4.69) is 25.7 Å². The summed E-state index contributed by atoms with van der Waals surface area (Å²) in [6.07, 6.45) is 0.848. The Bertz CT molecular complexity index is 1480. The van der Waals surface area contributed by atoms with Crippen LogP contribution in [0.3, 0.4) is 0 Å². The van der Waals surface area contributed by atoms with E-state index in [4.69, 9.17) is 0 Å². The summed E-state index contributed by atoms with van der Waals surface area (Å²) in [5.74, 6) is -0.871. The monoisotopic (exact) mass is 466 g/mol. The zero-order valence-electron chi connectivity index (χ0n) is 17.5. The number of rotatable bonds is 3. The van der Waals surface area contributed by atoms with E-state index in [-0.39, 0.29) is 18.4 Å². The molecule has 34 heavy (non-hydrogen) atoms. The highest BCUT2D eigenvalue weighted by Gasteiger charge is 2.42. The van der Waals surface area contributed by atoms with Crippen molar-refractivity contribution in [1.82, 2.24) is 30.2 Å². The molecule has 3 aromatic heterocycles. The van der Waals surface area contributed by atoms with Crippen LogP contribution in [0, 0.1) is 0 Å². The number of nitrogens with zero attached hydrogens (tertiary/aromatic N) is 4. The van der Waals surface area contributed by atoms with Crippen molar-refractivity contribution in [3.63, 3.8) is 0 Å². The van der Waals surface area contributed by atoms with Gasteiger partial charge in [0.25, 0.3) is 0 Å². The first kappa shape index (κ1) is 20.6. The number of hydrogen-bond donors (Lipinski definition) is 2. The molecule has 1 aromatic carbocycles. The highest BCUT2D eigenvalue weighted by atomic mass is 19.4. The van der Waals surface area contributed by atoms with Gasteiger partial charge in [0.1, 0.15) is 5.69 Å². The van der Waals surface area contributed by atoms with E-state index in [1.807, 2.05) is 12.1 Å². The predicted octanol–water partition coefficient (Wildman–Crippen LogP) is 3.49. The second-order valence-electron chi connectivity index (χ2n) is 8.59. The maximum Gasteiger partial charge on any atom is 0.433 e. The van der Waals surface area contributed by atoms with Gasteiger partial charge in [-0.05, 0) is 41.3 Å². The molecule has 1 saturated heterocycles. The average Bonchev–Trinajstić information content (AvgIpc) is 3.45. The van der Waals surface area contributed by atoms with E-state index < -0.39 is 29.7 Å². The van der Waals surface area contributed by atoms with Crippen molar-refractivity contribution in [2.24, 2.45) is 0 Å². The summed E-state index contributed by atoms with van der Waals surface area (Å²) in [6, 6.07) is 7.87. The number of carbonyl (C=O) groups is 2. The van der Waals surface area contributed by atoms with Gasteiger partial charge in [-0.15, -0.1) is 0 Å². The number of carbonyl (C=O) groups excluding carboxylic acids is 2. The number of fused-ring (bicyclic) bond motifs is 2. The van der Waals surface area contributed by atoms with E-state index >= 15 is 0 Å². The number of aromatic nitrogens is 4. The summed E-state index contributed by atoms with van der Waals surface area (Å²) in [5, 5.41) is 10.5. The standard InChI is InChI=1S/C23H17F3N6O2/c24-23(25,26)19-6-13-5-11(1-2-12(13)9-28-19)14-7-15(14)16-8-18(31-32-4-3-27-20(16)32)17-10-29-22(34)30-21(17)33/h1-6,8-9,14-15,17H,7,10H2,(H2,29,30,33,34)/t14-,15+,17?/m1/s1. The van der Waals surface area contributed by atoms with E-state index in [0.29, 0.717) is 22.1 Å². The van der Waals surface area contributed by atoms with Gasteiger partial charge in [-0.2, -0.15) is 18.3 Å². The Morgan fingerprint density at radius 3 is 2.68 bits per heavy atom. The molecule has 8 nitrogen and oxygen atoms in total. The number of hydrogen-bond acceptors (Lipinski definition) is 5. The molecule has 2 fully saturated rings. The number of imidazole rings is 1. The van der Waals surface area contributed by atoms with Crippen molar-refractivity contribution in [3.05, 3.63) is 71.4 Å². The molecule has 1 unspecified atom stereocenters. The Kier molecular flexibility index (Phi) is 4.38. The Morgan fingerprint density at radius 1 is 1.03 bits per heavy atom. The molecular weight excluding hydrogens is 449 g/mol. The maximum atomic E-state index is 13.1. The molecule has 0 spiro atoms. The third-order valence-corrected chi connectivity index (χ3v) is 6.44. The van der Waals surface area contributed by atoms with Gasteiger partial charge in [-0.1, -0.05) is 18.2 Å². The highest BCUT2D eigenvalue weighted by Crippen LogP contribution is 2.56. The quantitative estimate of drug-likeness (QED) is 0.481. The number of nitrogens with one attached hydrogen (secondary N) is 2. The fourth-order valence-corrected chi connectivity index (χ4v) is 4.63. The predicted molar refractivity (Wildman–Crippen MR) is 114 cm³/mol. The summed E-state index contributed by atoms with van der Waals surface area (Å²) >= 11 is 0. The number of urea groups is 1. The van der Waals surface area contributed by atoms with Crippen LogP contribution in [0.2, 0.25) is 0 Å². The van der Waals surface area contributed by atoms with Gasteiger partial charge in [-0.3, -0.25) is 15.1 Å². The molecule has 172 valence electrons. The first-order valence-electron chi connectivity index (χ1n) is 10.7. The van der Waals surface area contributed by atoms with Gasteiger partial charge < -0.3 is 5.32 Å². The third kappa shape index (κ3) is 3.44. The largest absolute Gasteiger partial charge is 0.433 e. The van der Waals surface area contributed by atoms with Crippen LogP contribution in [0.1, 0.15) is 46.7 Å². The van der Waals surface area contributed by atoms with Crippen molar-refractivity contribution in [2.45, 2.75) is 30.4 Å². The van der Waals surface area contributed by atoms with Gasteiger partial charge in [-0.25, -0.2) is 14.3 Å². The molecule has 6 rings (SSSR count). The smallest absolute Gasteiger partial charge is 0.337 e. The van der Waals surface area contributed by atoms with E-state index in [1.165, 1.54) is 6.20 Å². The van der Waals surface area contributed by atoms with Gasteiger partial charge in [0, 0.05) is 36.1 Å².